The number of anilines is 1. The maximum absolute atomic E-state index is 10.5. The van der Waals surface area contributed by atoms with E-state index in [1.165, 1.54) is 11.1 Å². The van der Waals surface area contributed by atoms with Gasteiger partial charge in [0.1, 0.15) is 0 Å². The minimum Gasteiger partial charge on any atom is -0.389 e. The summed E-state index contributed by atoms with van der Waals surface area (Å²) in [5.41, 5.74) is 3.59. The van der Waals surface area contributed by atoms with Gasteiger partial charge >= 0.3 is 0 Å². The Balaban J connectivity index is 1.29. The molecule has 0 aromatic heterocycles. The molecule has 4 rings (SSSR count). The van der Waals surface area contributed by atoms with E-state index in [-0.39, 0.29) is 24.9 Å². The van der Waals surface area contributed by atoms with Gasteiger partial charge in [-0.05, 0) is 36.1 Å². The average Bonchev–Trinajstić information content (AvgIpc) is 3.87. The third kappa shape index (κ3) is 10.7. The standard InChI is InChI=1S/C31H44N2O6/c1-3-13-36-20-28(34)16-32(18-30-22-38-30)26-9-5-24(6-10-26)15-25-7-11-27(12-8-25)33(19-31-23-39-31)17-29(35)21-37-14-4-2/h3-11,27-31,34-35H,1-2,12-23H2. The van der Waals surface area contributed by atoms with Crippen LogP contribution in [-0.4, -0.2) is 111 Å². The summed E-state index contributed by atoms with van der Waals surface area (Å²) in [7, 11) is 0. The maximum atomic E-state index is 10.5. The highest BCUT2D eigenvalue weighted by molar-refractivity contribution is 5.49. The Morgan fingerprint density at radius 1 is 0.923 bits per heavy atom. The predicted molar refractivity (Wildman–Crippen MR) is 153 cm³/mol. The molecule has 2 saturated heterocycles. The molecule has 3 aliphatic rings. The van der Waals surface area contributed by atoms with Crippen molar-refractivity contribution < 1.29 is 29.2 Å². The van der Waals surface area contributed by atoms with Gasteiger partial charge in [0.2, 0.25) is 0 Å². The Morgan fingerprint density at radius 3 is 2.10 bits per heavy atom. The first kappa shape index (κ1) is 29.7. The molecule has 39 heavy (non-hydrogen) atoms. The van der Waals surface area contributed by atoms with Crippen molar-refractivity contribution in [3.8, 4) is 0 Å². The van der Waals surface area contributed by atoms with Crippen molar-refractivity contribution in [1.82, 2.24) is 4.90 Å². The summed E-state index contributed by atoms with van der Waals surface area (Å²) < 4.78 is 21.8. The Kier molecular flexibility index (Phi) is 11.8. The van der Waals surface area contributed by atoms with Gasteiger partial charge in [-0.15, -0.1) is 13.2 Å². The number of hydrogen-bond donors (Lipinski definition) is 2. The van der Waals surface area contributed by atoms with E-state index in [1.807, 2.05) is 0 Å². The topological polar surface area (TPSA) is 90.5 Å². The van der Waals surface area contributed by atoms with Crippen LogP contribution in [0.3, 0.4) is 0 Å². The molecule has 1 aliphatic carbocycles. The minimum absolute atomic E-state index is 0.225. The Hall–Kier alpha value is -2.30. The molecule has 0 bridgehead atoms. The largest absolute Gasteiger partial charge is 0.389 e. The van der Waals surface area contributed by atoms with Gasteiger partial charge < -0.3 is 34.1 Å². The fourth-order valence-corrected chi connectivity index (χ4v) is 4.81. The number of benzene rings is 1. The van der Waals surface area contributed by atoms with Crippen molar-refractivity contribution in [2.45, 2.75) is 43.3 Å². The summed E-state index contributed by atoms with van der Waals surface area (Å²) in [6.07, 6.45) is 11.2. The zero-order valence-electron chi connectivity index (χ0n) is 22.9. The first-order chi connectivity index (χ1) is 19.0. The molecule has 2 N–H and O–H groups in total. The third-order valence-corrected chi connectivity index (χ3v) is 6.97. The predicted octanol–water partition coefficient (Wildman–Crippen LogP) is 2.52. The van der Waals surface area contributed by atoms with Crippen LogP contribution in [0.15, 0.2) is 73.4 Å². The number of epoxide rings is 2. The second kappa shape index (κ2) is 15.5. The molecule has 214 valence electrons. The van der Waals surface area contributed by atoms with Gasteiger partial charge in [-0.25, -0.2) is 0 Å². The molecule has 2 fully saturated rings. The number of hydrogen-bond acceptors (Lipinski definition) is 8. The molecule has 2 aliphatic heterocycles. The van der Waals surface area contributed by atoms with Crippen LogP contribution in [0.1, 0.15) is 12.0 Å². The molecule has 8 nitrogen and oxygen atoms in total. The first-order valence-corrected chi connectivity index (χ1v) is 14.0. The van der Waals surface area contributed by atoms with Gasteiger partial charge in [0.05, 0.1) is 64.1 Å². The van der Waals surface area contributed by atoms with E-state index < -0.39 is 12.2 Å². The van der Waals surface area contributed by atoms with Crippen LogP contribution in [0, 0.1) is 0 Å². The molecule has 0 spiro atoms. The van der Waals surface area contributed by atoms with Crippen molar-refractivity contribution in [2.75, 3.05) is 70.7 Å². The van der Waals surface area contributed by atoms with Crippen LogP contribution in [0.25, 0.3) is 0 Å². The molecule has 0 radical (unpaired) electrons. The monoisotopic (exact) mass is 540 g/mol. The van der Waals surface area contributed by atoms with Crippen molar-refractivity contribution in [3.63, 3.8) is 0 Å². The lowest BCUT2D eigenvalue weighted by Gasteiger charge is -2.32. The SMILES string of the molecule is C=CCOCC(O)CN(CC1CO1)c1ccc(CC2=CCC(N(CC(O)COCC=C)CC3CO3)C=C2)cc1. The van der Waals surface area contributed by atoms with Crippen molar-refractivity contribution in [1.29, 1.82) is 0 Å². The van der Waals surface area contributed by atoms with E-state index in [0.717, 1.165) is 44.8 Å². The summed E-state index contributed by atoms with van der Waals surface area (Å²) in [5.74, 6) is 0. The summed E-state index contributed by atoms with van der Waals surface area (Å²) in [4.78, 5) is 4.47. The van der Waals surface area contributed by atoms with Crippen LogP contribution in [-0.2, 0) is 25.4 Å². The molecular weight excluding hydrogens is 496 g/mol. The van der Waals surface area contributed by atoms with E-state index in [0.29, 0.717) is 32.9 Å². The molecule has 8 heteroatoms. The summed E-state index contributed by atoms with van der Waals surface area (Å²) >= 11 is 0. The number of ether oxygens (including phenoxy) is 4. The van der Waals surface area contributed by atoms with Crippen LogP contribution in [0.4, 0.5) is 5.69 Å². The molecule has 5 atom stereocenters. The Labute approximate surface area is 232 Å². The van der Waals surface area contributed by atoms with Gasteiger partial charge in [0, 0.05) is 37.9 Å². The second-order valence-corrected chi connectivity index (χ2v) is 10.5. The van der Waals surface area contributed by atoms with E-state index in [9.17, 15) is 10.2 Å². The van der Waals surface area contributed by atoms with E-state index in [1.54, 1.807) is 12.2 Å². The normalized spacial score (nSPS) is 23.3. The number of aliphatic hydroxyl groups is 2. The Morgan fingerprint density at radius 2 is 1.54 bits per heavy atom. The summed E-state index contributed by atoms with van der Waals surface area (Å²) in [6.45, 7) is 12.9. The third-order valence-electron chi connectivity index (χ3n) is 6.97. The number of allylic oxidation sites excluding steroid dienone is 2. The highest BCUT2D eigenvalue weighted by atomic mass is 16.6. The van der Waals surface area contributed by atoms with Gasteiger partial charge in [-0.2, -0.15) is 0 Å². The summed E-state index contributed by atoms with van der Waals surface area (Å²) in [5, 5.41) is 20.9. The Bertz CT molecular complexity index is 956. The lowest BCUT2D eigenvalue weighted by atomic mass is 9.96. The fraction of sp³-hybridized carbons (Fsp3) is 0.548. The van der Waals surface area contributed by atoms with Gasteiger partial charge in [0.15, 0.2) is 0 Å². The molecule has 2 heterocycles. The highest BCUT2D eigenvalue weighted by Gasteiger charge is 2.30. The molecule has 1 aromatic carbocycles. The maximum Gasteiger partial charge on any atom is 0.0984 e. The number of nitrogens with zero attached hydrogens (tertiary/aromatic N) is 2. The lowest BCUT2D eigenvalue weighted by Crippen LogP contribution is -2.43. The smallest absolute Gasteiger partial charge is 0.0984 e. The van der Waals surface area contributed by atoms with Crippen LogP contribution in [0.2, 0.25) is 0 Å². The van der Waals surface area contributed by atoms with Crippen molar-refractivity contribution >= 4 is 5.69 Å². The second-order valence-electron chi connectivity index (χ2n) is 10.5. The van der Waals surface area contributed by atoms with E-state index in [4.69, 9.17) is 18.9 Å². The molecule has 5 unspecified atom stereocenters. The first-order valence-electron chi connectivity index (χ1n) is 14.0. The quantitative estimate of drug-likeness (QED) is 0.148. The lowest BCUT2D eigenvalue weighted by molar-refractivity contribution is 0.0195. The molecule has 0 amide bonds. The number of aliphatic hydroxyl groups excluding tert-OH is 2. The van der Waals surface area contributed by atoms with Crippen molar-refractivity contribution in [3.05, 3.63) is 78.9 Å². The van der Waals surface area contributed by atoms with Crippen LogP contribution < -0.4 is 4.90 Å². The summed E-state index contributed by atoms with van der Waals surface area (Å²) in [6, 6.07) is 8.80. The van der Waals surface area contributed by atoms with E-state index >= 15 is 0 Å². The number of rotatable bonds is 20. The molecule has 0 saturated carbocycles. The average molecular weight is 541 g/mol. The highest BCUT2D eigenvalue weighted by Crippen LogP contribution is 2.24. The molecular formula is C31H44N2O6. The molecule has 1 aromatic rings. The van der Waals surface area contributed by atoms with Crippen LogP contribution >= 0.6 is 0 Å². The van der Waals surface area contributed by atoms with Gasteiger partial charge in [-0.1, -0.05) is 42.5 Å². The zero-order valence-corrected chi connectivity index (χ0v) is 22.9. The van der Waals surface area contributed by atoms with Crippen LogP contribution in [0.5, 0.6) is 0 Å². The minimum atomic E-state index is -0.583. The van der Waals surface area contributed by atoms with Gasteiger partial charge in [-0.3, -0.25) is 4.90 Å². The zero-order chi connectivity index (χ0) is 27.5. The van der Waals surface area contributed by atoms with Crippen molar-refractivity contribution in [2.24, 2.45) is 0 Å². The van der Waals surface area contributed by atoms with E-state index in [2.05, 4.69) is 65.5 Å². The fourth-order valence-electron chi connectivity index (χ4n) is 4.81. The van der Waals surface area contributed by atoms with Gasteiger partial charge in [0.25, 0.3) is 0 Å².